The minimum Gasteiger partial charge on any atom is -0.459 e. The van der Waals surface area contributed by atoms with E-state index in [1.807, 2.05) is 18.2 Å². The Morgan fingerprint density at radius 2 is 1.56 bits per heavy atom. The molecular weight excluding hydrogens is 414 g/mol. The summed E-state index contributed by atoms with van der Waals surface area (Å²) in [4.78, 5) is 48.6. The van der Waals surface area contributed by atoms with Crippen molar-refractivity contribution in [2.75, 3.05) is 0 Å². The van der Waals surface area contributed by atoms with Crippen LogP contribution in [0.15, 0.2) is 54.6 Å². The summed E-state index contributed by atoms with van der Waals surface area (Å²) in [5, 5.41) is 2.42. The van der Waals surface area contributed by atoms with E-state index in [1.54, 1.807) is 32.9 Å². The van der Waals surface area contributed by atoms with Crippen molar-refractivity contribution in [3.05, 3.63) is 65.7 Å². The number of alkyl carbamates (subject to hydrolysis) is 1. The van der Waals surface area contributed by atoms with Crippen molar-refractivity contribution < 1.29 is 33.4 Å². The van der Waals surface area contributed by atoms with Gasteiger partial charge in [-0.2, -0.15) is 0 Å². The molecule has 0 radical (unpaired) electrons. The molecule has 0 bridgehead atoms. The SMILES string of the molecule is CC(=O)Oc1ccc(C(=O)C[C@H](NC(=O)OC(C)(C)C)C(=O)OCc2ccccc2)cc1. The Kier molecular flexibility index (Phi) is 8.52. The molecule has 1 atom stereocenters. The molecule has 0 aliphatic carbocycles. The van der Waals surface area contributed by atoms with Gasteiger partial charge >= 0.3 is 18.0 Å². The lowest BCUT2D eigenvalue weighted by molar-refractivity contribution is -0.147. The smallest absolute Gasteiger partial charge is 0.408 e. The van der Waals surface area contributed by atoms with Crippen molar-refractivity contribution in [2.24, 2.45) is 0 Å². The number of ketones is 1. The number of carbonyl (C=O) groups excluding carboxylic acids is 4. The van der Waals surface area contributed by atoms with Gasteiger partial charge in [-0.15, -0.1) is 0 Å². The van der Waals surface area contributed by atoms with Gasteiger partial charge in [0.05, 0.1) is 0 Å². The molecule has 8 heteroatoms. The molecule has 0 saturated carbocycles. The highest BCUT2D eigenvalue weighted by molar-refractivity contribution is 5.99. The Balaban J connectivity index is 2.09. The standard InChI is InChI=1S/C24H27NO7/c1-16(26)31-19-12-10-18(11-13-19)21(27)14-20(25-23(29)32-24(2,3)4)22(28)30-15-17-8-6-5-7-9-17/h5-13,20H,14-15H2,1-4H3,(H,25,29)/t20-/m0/s1. The number of amides is 1. The first kappa shape index (κ1) is 24.6. The van der Waals surface area contributed by atoms with E-state index >= 15 is 0 Å². The van der Waals surface area contributed by atoms with Gasteiger partial charge < -0.3 is 19.5 Å². The zero-order chi connectivity index (χ0) is 23.7. The van der Waals surface area contributed by atoms with E-state index < -0.39 is 35.5 Å². The molecule has 0 aliphatic rings. The Hall–Kier alpha value is -3.68. The predicted octanol–water partition coefficient (Wildman–Crippen LogP) is 3.82. The maximum absolute atomic E-state index is 12.7. The molecule has 8 nitrogen and oxygen atoms in total. The highest BCUT2D eigenvalue weighted by Crippen LogP contribution is 2.15. The molecular formula is C24H27NO7. The minimum absolute atomic E-state index is 0.00254. The molecule has 2 aromatic rings. The summed E-state index contributed by atoms with van der Waals surface area (Å²) in [5.74, 6) is -1.35. The van der Waals surface area contributed by atoms with Crippen LogP contribution in [0, 0.1) is 0 Å². The molecule has 32 heavy (non-hydrogen) atoms. The third kappa shape index (κ3) is 8.59. The van der Waals surface area contributed by atoms with Gasteiger partial charge in [0.1, 0.15) is 24.0 Å². The van der Waals surface area contributed by atoms with Gasteiger partial charge in [0, 0.05) is 18.9 Å². The van der Waals surface area contributed by atoms with Crippen LogP contribution in [0.3, 0.4) is 0 Å². The summed E-state index contributed by atoms with van der Waals surface area (Å²) < 4.78 is 15.4. The molecule has 2 rings (SSSR count). The van der Waals surface area contributed by atoms with Gasteiger partial charge in [0.25, 0.3) is 0 Å². The van der Waals surface area contributed by atoms with Crippen LogP contribution in [0.2, 0.25) is 0 Å². The number of Topliss-reactive ketones (excluding diaryl/α,β-unsaturated/α-hetero) is 1. The Morgan fingerprint density at radius 1 is 0.938 bits per heavy atom. The van der Waals surface area contributed by atoms with E-state index in [-0.39, 0.29) is 18.6 Å². The van der Waals surface area contributed by atoms with Crippen LogP contribution < -0.4 is 10.1 Å². The minimum atomic E-state index is -1.24. The highest BCUT2D eigenvalue weighted by Gasteiger charge is 2.28. The third-order valence-corrected chi connectivity index (χ3v) is 4.03. The molecule has 0 aromatic heterocycles. The van der Waals surface area contributed by atoms with E-state index in [2.05, 4.69) is 5.32 Å². The maximum Gasteiger partial charge on any atom is 0.408 e. The fourth-order valence-corrected chi connectivity index (χ4v) is 2.65. The quantitative estimate of drug-likeness (QED) is 0.377. The number of nitrogens with one attached hydrogen (secondary N) is 1. The van der Waals surface area contributed by atoms with Crippen LogP contribution in [-0.4, -0.2) is 35.5 Å². The molecule has 2 aromatic carbocycles. The summed E-state index contributed by atoms with van der Waals surface area (Å²) in [6, 6.07) is 13.7. The van der Waals surface area contributed by atoms with Gasteiger partial charge in [0.15, 0.2) is 5.78 Å². The molecule has 0 unspecified atom stereocenters. The van der Waals surface area contributed by atoms with E-state index in [0.29, 0.717) is 5.75 Å². The maximum atomic E-state index is 12.7. The lowest BCUT2D eigenvalue weighted by atomic mass is 10.0. The number of rotatable bonds is 8. The topological polar surface area (TPSA) is 108 Å². The van der Waals surface area contributed by atoms with Crippen LogP contribution in [0.5, 0.6) is 5.75 Å². The monoisotopic (exact) mass is 441 g/mol. The number of carbonyl (C=O) groups is 4. The molecule has 1 N–H and O–H groups in total. The highest BCUT2D eigenvalue weighted by atomic mass is 16.6. The number of esters is 2. The van der Waals surface area contributed by atoms with E-state index in [4.69, 9.17) is 14.2 Å². The summed E-state index contributed by atoms with van der Waals surface area (Å²) in [6.07, 6.45) is -1.17. The Labute approximate surface area is 186 Å². The number of benzene rings is 2. The van der Waals surface area contributed by atoms with Crippen LogP contribution >= 0.6 is 0 Å². The second kappa shape index (κ2) is 11.1. The fraction of sp³-hybridized carbons (Fsp3) is 0.333. The largest absolute Gasteiger partial charge is 0.459 e. The van der Waals surface area contributed by atoms with Crippen LogP contribution in [0.1, 0.15) is 50.0 Å². The molecule has 0 heterocycles. The molecule has 0 aliphatic heterocycles. The molecule has 170 valence electrons. The average Bonchev–Trinajstić information content (AvgIpc) is 2.71. The fourth-order valence-electron chi connectivity index (χ4n) is 2.65. The second-order valence-corrected chi connectivity index (χ2v) is 8.04. The molecule has 0 fully saturated rings. The lowest BCUT2D eigenvalue weighted by Gasteiger charge is -2.22. The summed E-state index contributed by atoms with van der Waals surface area (Å²) in [6.45, 7) is 6.33. The zero-order valence-electron chi connectivity index (χ0n) is 18.5. The lowest BCUT2D eigenvalue weighted by Crippen LogP contribution is -2.45. The first-order valence-electron chi connectivity index (χ1n) is 10.1. The number of hydrogen-bond donors (Lipinski definition) is 1. The summed E-state index contributed by atoms with van der Waals surface area (Å²) in [5.41, 5.74) is 0.274. The summed E-state index contributed by atoms with van der Waals surface area (Å²) in [7, 11) is 0. The van der Waals surface area contributed by atoms with Crippen molar-refractivity contribution in [1.29, 1.82) is 0 Å². The van der Waals surface area contributed by atoms with Crippen molar-refractivity contribution in [3.63, 3.8) is 0 Å². The van der Waals surface area contributed by atoms with Gasteiger partial charge in [-0.3, -0.25) is 9.59 Å². The van der Waals surface area contributed by atoms with Crippen molar-refractivity contribution in [3.8, 4) is 5.75 Å². The second-order valence-electron chi connectivity index (χ2n) is 8.04. The van der Waals surface area contributed by atoms with Crippen molar-refractivity contribution in [2.45, 2.75) is 52.4 Å². The van der Waals surface area contributed by atoms with Gasteiger partial charge in [0.2, 0.25) is 0 Å². The number of ether oxygens (including phenoxy) is 3. The third-order valence-electron chi connectivity index (χ3n) is 4.03. The van der Waals surface area contributed by atoms with Gasteiger partial charge in [-0.25, -0.2) is 9.59 Å². The normalized spacial score (nSPS) is 11.8. The first-order valence-corrected chi connectivity index (χ1v) is 10.1. The van der Waals surface area contributed by atoms with Crippen LogP contribution in [-0.2, 0) is 25.7 Å². The number of hydrogen-bond acceptors (Lipinski definition) is 7. The Bertz CT molecular complexity index is 947. The van der Waals surface area contributed by atoms with Crippen LogP contribution in [0.25, 0.3) is 0 Å². The van der Waals surface area contributed by atoms with Crippen molar-refractivity contribution >= 4 is 23.8 Å². The predicted molar refractivity (Wildman–Crippen MR) is 116 cm³/mol. The van der Waals surface area contributed by atoms with Gasteiger partial charge in [-0.05, 0) is 50.6 Å². The van der Waals surface area contributed by atoms with E-state index in [1.165, 1.54) is 31.2 Å². The van der Waals surface area contributed by atoms with Crippen LogP contribution in [0.4, 0.5) is 4.79 Å². The van der Waals surface area contributed by atoms with Gasteiger partial charge in [-0.1, -0.05) is 30.3 Å². The Morgan fingerprint density at radius 3 is 2.12 bits per heavy atom. The molecule has 0 spiro atoms. The van der Waals surface area contributed by atoms with Crippen molar-refractivity contribution in [1.82, 2.24) is 5.32 Å². The zero-order valence-corrected chi connectivity index (χ0v) is 18.5. The van der Waals surface area contributed by atoms with E-state index in [9.17, 15) is 19.2 Å². The molecule has 0 saturated heterocycles. The van der Waals surface area contributed by atoms with E-state index in [0.717, 1.165) is 5.56 Å². The molecule has 1 amide bonds. The summed E-state index contributed by atoms with van der Waals surface area (Å²) >= 11 is 0. The first-order chi connectivity index (χ1) is 15.0. The average molecular weight is 441 g/mol.